The molecule has 2 aromatic carbocycles. The molecule has 0 radical (unpaired) electrons. The maximum atomic E-state index is 11.6. The molecule has 0 aliphatic carbocycles. The molecule has 1 saturated heterocycles. The van der Waals surface area contributed by atoms with Crippen LogP contribution in [-0.4, -0.2) is 52.2 Å². The summed E-state index contributed by atoms with van der Waals surface area (Å²) in [7, 11) is 0. The monoisotopic (exact) mass is 388 g/mol. The van der Waals surface area contributed by atoms with Crippen molar-refractivity contribution in [1.82, 2.24) is 20.1 Å². The summed E-state index contributed by atoms with van der Waals surface area (Å²) in [6.45, 7) is 5.05. The van der Waals surface area contributed by atoms with Crippen LogP contribution in [0, 0.1) is 0 Å². The summed E-state index contributed by atoms with van der Waals surface area (Å²) >= 11 is 0. The van der Waals surface area contributed by atoms with Crippen molar-refractivity contribution in [3.05, 3.63) is 72.4 Å². The largest absolute Gasteiger partial charge is 0.339 e. The van der Waals surface area contributed by atoms with Crippen molar-refractivity contribution in [2.45, 2.75) is 13.5 Å². The molecule has 29 heavy (non-hydrogen) atoms. The molecule has 4 rings (SSSR count). The fourth-order valence-electron chi connectivity index (χ4n) is 3.45. The van der Waals surface area contributed by atoms with E-state index in [1.165, 1.54) is 5.56 Å². The summed E-state index contributed by atoms with van der Waals surface area (Å²) in [4.78, 5) is 22.5. The van der Waals surface area contributed by atoms with Gasteiger partial charge < -0.3 is 14.7 Å². The van der Waals surface area contributed by atoms with E-state index in [1.807, 2.05) is 41.3 Å². The number of nitrogens with zero attached hydrogens (tertiary/aromatic N) is 6. The Labute approximate surface area is 170 Å². The van der Waals surface area contributed by atoms with E-state index in [1.54, 1.807) is 13.1 Å². The van der Waals surface area contributed by atoms with Gasteiger partial charge in [-0.2, -0.15) is 10.1 Å². The van der Waals surface area contributed by atoms with Crippen molar-refractivity contribution >= 4 is 23.4 Å². The van der Waals surface area contributed by atoms with Gasteiger partial charge in [-0.05, 0) is 17.7 Å². The van der Waals surface area contributed by atoms with Gasteiger partial charge in [0.25, 0.3) is 0 Å². The molecule has 148 valence electrons. The van der Waals surface area contributed by atoms with Crippen LogP contribution in [0.25, 0.3) is 0 Å². The molecule has 0 saturated carbocycles. The molecule has 7 heteroatoms. The van der Waals surface area contributed by atoms with Crippen molar-refractivity contribution in [2.75, 3.05) is 36.0 Å². The first-order chi connectivity index (χ1) is 14.2. The molecule has 0 N–H and O–H groups in total. The highest BCUT2D eigenvalue weighted by Gasteiger charge is 2.22. The zero-order valence-corrected chi connectivity index (χ0v) is 16.5. The summed E-state index contributed by atoms with van der Waals surface area (Å²) in [5.41, 5.74) is 2.23. The molecule has 1 aromatic heterocycles. The summed E-state index contributed by atoms with van der Waals surface area (Å²) in [6, 6.07) is 20.5. The van der Waals surface area contributed by atoms with Crippen molar-refractivity contribution in [3.63, 3.8) is 0 Å². The van der Waals surface area contributed by atoms with Crippen LogP contribution < -0.4 is 9.80 Å². The molecule has 1 aliphatic rings. The van der Waals surface area contributed by atoms with E-state index in [0.717, 1.165) is 11.5 Å². The fraction of sp³-hybridized carbons (Fsp3) is 0.273. The van der Waals surface area contributed by atoms with E-state index >= 15 is 0 Å². The lowest BCUT2D eigenvalue weighted by atomic mass is 10.2. The van der Waals surface area contributed by atoms with E-state index in [9.17, 15) is 4.79 Å². The Morgan fingerprint density at radius 1 is 0.966 bits per heavy atom. The van der Waals surface area contributed by atoms with Crippen LogP contribution in [0.4, 0.5) is 17.5 Å². The third kappa shape index (κ3) is 4.51. The van der Waals surface area contributed by atoms with Crippen LogP contribution >= 0.6 is 0 Å². The molecule has 1 amide bonds. The van der Waals surface area contributed by atoms with Gasteiger partial charge in [-0.15, -0.1) is 5.10 Å². The fourth-order valence-corrected chi connectivity index (χ4v) is 3.45. The predicted octanol–water partition coefficient (Wildman–Crippen LogP) is 2.88. The molecule has 1 aliphatic heterocycles. The Kier molecular flexibility index (Phi) is 5.65. The normalized spacial score (nSPS) is 14.0. The number of hydrogen-bond donors (Lipinski definition) is 0. The Balaban J connectivity index is 1.60. The van der Waals surface area contributed by atoms with E-state index in [0.29, 0.717) is 38.7 Å². The lowest BCUT2D eigenvalue weighted by Crippen LogP contribution is -2.48. The van der Waals surface area contributed by atoms with Crippen molar-refractivity contribution in [3.8, 4) is 0 Å². The Hall–Kier alpha value is -3.48. The molecule has 1 fully saturated rings. The molecule has 0 unspecified atom stereocenters. The average molecular weight is 388 g/mol. The molecular weight excluding hydrogens is 364 g/mol. The van der Waals surface area contributed by atoms with Gasteiger partial charge in [-0.1, -0.05) is 48.5 Å². The zero-order valence-electron chi connectivity index (χ0n) is 16.5. The van der Waals surface area contributed by atoms with E-state index in [-0.39, 0.29) is 5.91 Å². The highest BCUT2D eigenvalue weighted by molar-refractivity contribution is 5.73. The van der Waals surface area contributed by atoms with E-state index < -0.39 is 0 Å². The minimum Gasteiger partial charge on any atom is -0.339 e. The third-order valence-corrected chi connectivity index (χ3v) is 5.07. The number of amides is 1. The second kappa shape index (κ2) is 8.68. The van der Waals surface area contributed by atoms with Crippen LogP contribution in [-0.2, 0) is 11.3 Å². The van der Waals surface area contributed by atoms with Gasteiger partial charge in [0.05, 0.1) is 6.20 Å². The number of carbonyl (C=O) groups is 1. The number of carbonyl (C=O) groups excluding carboxylic acids is 1. The summed E-state index contributed by atoms with van der Waals surface area (Å²) in [5, 5.41) is 8.48. The van der Waals surface area contributed by atoms with Crippen LogP contribution in [0.1, 0.15) is 12.5 Å². The van der Waals surface area contributed by atoms with Crippen LogP contribution in [0.15, 0.2) is 66.9 Å². The number of hydrogen-bond acceptors (Lipinski definition) is 6. The Bertz CT molecular complexity index is 942. The minimum absolute atomic E-state index is 0.107. The summed E-state index contributed by atoms with van der Waals surface area (Å²) in [5.74, 6) is 1.45. The number of piperazine rings is 1. The smallest absolute Gasteiger partial charge is 0.247 e. The first kappa shape index (κ1) is 18.9. The molecule has 2 heterocycles. The molecule has 3 aromatic rings. The van der Waals surface area contributed by atoms with E-state index in [2.05, 4.69) is 44.3 Å². The zero-order chi connectivity index (χ0) is 20.1. The van der Waals surface area contributed by atoms with Gasteiger partial charge in [0, 0.05) is 45.3 Å². The van der Waals surface area contributed by atoms with Gasteiger partial charge in [-0.3, -0.25) is 4.79 Å². The number of rotatable bonds is 5. The third-order valence-electron chi connectivity index (χ3n) is 5.07. The van der Waals surface area contributed by atoms with Crippen LogP contribution in [0.5, 0.6) is 0 Å². The van der Waals surface area contributed by atoms with Crippen molar-refractivity contribution in [2.24, 2.45) is 0 Å². The van der Waals surface area contributed by atoms with Gasteiger partial charge in [0.1, 0.15) is 0 Å². The minimum atomic E-state index is 0.107. The Morgan fingerprint density at radius 3 is 2.28 bits per heavy atom. The maximum absolute atomic E-state index is 11.6. The highest BCUT2D eigenvalue weighted by atomic mass is 16.2. The first-order valence-corrected chi connectivity index (χ1v) is 9.77. The SMILES string of the molecule is CC(=O)N1CCN(c2nncc(N(Cc3ccccc3)c3ccccc3)n2)CC1. The number of anilines is 3. The first-order valence-electron chi connectivity index (χ1n) is 9.77. The summed E-state index contributed by atoms with van der Waals surface area (Å²) in [6.07, 6.45) is 1.70. The Morgan fingerprint density at radius 2 is 1.62 bits per heavy atom. The van der Waals surface area contributed by atoms with E-state index in [4.69, 9.17) is 4.98 Å². The van der Waals surface area contributed by atoms with Gasteiger partial charge in [0.15, 0.2) is 5.82 Å². The van der Waals surface area contributed by atoms with Crippen molar-refractivity contribution < 1.29 is 4.79 Å². The maximum Gasteiger partial charge on any atom is 0.247 e. The van der Waals surface area contributed by atoms with Gasteiger partial charge >= 0.3 is 0 Å². The summed E-state index contributed by atoms with van der Waals surface area (Å²) < 4.78 is 0. The lowest BCUT2D eigenvalue weighted by molar-refractivity contribution is -0.129. The molecule has 7 nitrogen and oxygen atoms in total. The second-order valence-electron chi connectivity index (χ2n) is 7.01. The number of benzene rings is 2. The molecular formula is C22H24N6O. The lowest BCUT2D eigenvalue weighted by Gasteiger charge is -2.34. The topological polar surface area (TPSA) is 65.5 Å². The van der Waals surface area contributed by atoms with Crippen molar-refractivity contribution in [1.29, 1.82) is 0 Å². The van der Waals surface area contributed by atoms with Gasteiger partial charge in [-0.25, -0.2) is 0 Å². The quantitative estimate of drug-likeness (QED) is 0.670. The standard InChI is InChI=1S/C22H24N6O/c1-18(29)26-12-14-27(15-13-26)22-24-21(16-23-25-22)28(20-10-6-3-7-11-20)17-19-8-4-2-5-9-19/h2-11,16H,12-15,17H2,1H3. The van der Waals surface area contributed by atoms with Crippen LogP contribution in [0.2, 0.25) is 0 Å². The van der Waals surface area contributed by atoms with Crippen LogP contribution in [0.3, 0.4) is 0 Å². The van der Waals surface area contributed by atoms with Gasteiger partial charge in [0.2, 0.25) is 11.9 Å². The molecule has 0 atom stereocenters. The average Bonchev–Trinajstić information content (AvgIpc) is 2.79. The molecule has 0 spiro atoms. The highest BCUT2D eigenvalue weighted by Crippen LogP contribution is 2.26. The number of para-hydroxylation sites is 1. The molecule has 0 bridgehead atoms. The predicted molar refractivity (Wildman–Crippen MR) is 113 cm³/mol. The number of aromatic nitrogens is 3. The second-order valence-corrected chi connectivity index (χ2v) is 7.01.